The maximum Gasteiger partial charge on any atom is 0.325 e. The molecular formula is C22H23N3O4. The number of carboxylic acids is 1. The zero-order valence-electron chi connectivity index (χ0n) is 16.6. The Bertz CT molecular complexity index is 1100. The molecule has 150 valence electrons. The molecule has 0 atom stereocenters. The van der Waals surface area contributed by atoms with Gasteiger partial charge in [0.25, 0.3) is 0 Å². The summed E-state index contributed by atoms with van der Waals surface area (Å²) in [5, 5.41) is 13.9. The van der Waals surface area contributed by atoms with Crippen molar-refractivity contribution < 1.29 is 19.1 Å². The molecule has 2 heterocycles. The summed E-state index contributed by atoms with van der Waals surface area (Å²) >= 11 is 0. The van der Waals surface area contributed by atoms with E-state index in [9.17, 15) is 4.79 Å². The largest absolute Gasteiger partial charge is 0.487 e. The molecule has 7 heteroatoms. The van der Waals surface area contributed by atoms with Crippen LogP contribution in [0.5, 0.6) is 5.75 Å². The second-order valence-electron chi connectivity index (χ2n) is 6.09. The van der Waals surface area contributed by atoms with Crippen molar-refractivity contribution in [2.75, 3.05) is 0 Å². The molecule has 29 heavy (non-hydrogen) atoms. The number of oxazole rings is 1. The lowest BCUT2D eigenvalue weighted by molar-refractivity contribution is -0.137. The lowest BCUT2D eigenvalue weighted by atomic mass is 10.2. The summed E-state index contributed by atoms with van der Waals surface area (Å²) in [5.74, 6) is 0.920. The quantitative estimate of drug-likeness (QED) is 0.511. The minimum Gasteiger partial charge on any atom is -0.487 e. The van der Waals surface area contributed by atoms with Crippen molar-refractivity contribution in [3.63, 3.8) is 0 Å². The van der Waals surface area contributed by atoms with Gasteiger partial charge >= 0.3 is 5.97 Å². The van der Waals surface area contributed by atoms with Crippen LogP contribution in [0, 0.1) is 6.92 Å². The molecule has 0 saturated heterocycles. The first kappa shape index (κ1) is 20.1. The van der Waals surface area contributed by atoms with E-state index in [1.165, 1.54) is 4.68 Å². The van der Waals surface area contributed by atoms with Gasteiger partial charge in [0.2, 0.25) is 5.89 Å². The summed E-state index contributed by atoms with van der Waals surface area (Å²) in [6.07, 6.45) is 1.63. The topological polar surface area (TPSA) is 90.4 Å². The SMILES string of the molecule is CC.Cc1oc(-c2ccccc2)nc1COc1ccc2cnn(CC(=O)O)c2c1. The standard InChI is InChI=1S/C20H17N3O4.C2H6/c1-13-17(22-20(27-13)14-5-3-2-4-6-14)12-26-16-8-7-15-10-21-23(11-19(24)25)18(15)9-16;1-2/h2-10H,11-12H2,1H3,(H,24,25);1-2H3. The van der Waals surface area contributed by atoms with E-state index in [0.29, 0.717) is 28.6 Å². The van der Waals surface area contributed by atoms with Gasteiger partial charge in [0.05, 0.1) is 11.7 Å². The van der Waals surface area contributed by atoms with Gasteiger partial charge in [-0.1, -0.05) is 32.0 Å². The summed E-state index contributed by atoms with van der Waals surface area (Å²) in [7, 11) is 0. The number of benzene rings is 2. The summed E-state index contributed by atoms with van der Waals surface area (Å²) in [6, 6.07) is 15.1. The van der Waals surface area contributed by atoms with Crippen LogP contribution in [-0.2, 0) is 17.9 Å². The fraction of sp³-hybridized carbons (Fsp3) is 0.227. The normalized spacial score (nSPS) is 10.4. The number of hydrogen-bond acceptors (Lipinski definition) is 5. The monoisotopic (exact) mass is 393 g/mol. The highest BCUT2D eigenvalue weighted by Crippen LogP contribution is 2.24. The predicted molar refractivity (Wildman–Crippen MR) is 110 cm³/mol. The molecule has 0 aliphatic heterocycles. The van der Waals surface area contributed by atoms with Crippen LogP contribution in [0.2, 0.25) is 0 Å². The van der Waals surface area contributed by atoms with Gasteiger partial charge in [-0.25, -0.2) is 4.98 Å². The molecule has 0 amide bonds. The van der Waals surface area contributed by atoms with E-state index in [2.05, 4.69) is 10.1 Å². The number of aryl methyl sites for hydroxylation is 1. The third-order valence-corrected chi connectivity index (χ3v) is 4.19. The molecule has 2 aromatic carbocycles. The van der Waals surface area contributed by atoms with Crippen LogP contribution < -0.4 is 4.74 Å². The molecule has 0 radical (unpaired) electrons. The zero-order valence-corrected chi connectivity index (χ0v) is 16.6. The Morgan fingerprint density at radius 1 is 1.17 bits per heavy atom. The first-order valence-corrected chi connectivity index (χ1v) is 9.42. The number of fused-ring (bicyclic) bond motifs is 1. The van der Waals surface area contributed by atoms with Gasteiger partial charge in [0, 0.05) is 17.0 Å². The van der Waals surface area contributed by atoms with E-state index in [0.717, 1.165) is 10.9 Å². The molecule has 0 spiro atoms. The molecule has 7 nitrogen and oxygen atoms in total. The number of carboxylic acid groups (broad SMARTS) is 1. The third-order valence-electron chi connectivity index (χ3n) is 4.19. The maximum absolute atomic E-state index is 11.0. The van der Waals surface area contributed by atoms with Gasteiger partial charge in [-0.3, -0.25) is 9.48 Å². The van der Waals surface area contributed by atoms with Crippen LogP contribution in [-0.4, -0.2) is 25.8 Å². The molecule has 4 rings (SSSR count). The molecular weight excluding hydrogens is 370 g/mol. The average molecular weight is 393 g/mol. The Kier molecular flexibility index (Phi) is 6.29. The third kappa shape index (κ3) is 4.63. The van der Waals surface area contributed by atoms with Gasteiger partial charge in [-0.15, -0.1) is 0 Å². The summed E-state index contributed by atoms with van der Waals surface area (Å²) < 4.78 is 13.0. The van der Waals surface area contributed by atoms with E-state index in [1.54, 1.807) is 12.3 Å². The van der Waals surface area contributed by atoms with Gasteiger partial charge in [0.15, 0.2) is 0 Å². The molecule has 1 N–H and O–H groups in total. The van der Waals surface area contributed by atoms with Crippen LogP contribution in [0.25, 0.3) is 22.4 Å². The van der Waals surface area contributed by atoms with E-state index < -0.39 is 5.97 Å². The Morgan fingerprint density at radius 3 is 2.66 bits per heavy atom. The van der Waals surface area contributed by atoms with Crippen molar-refractivity contribution in [3.8, 4) is 17.2 Å². The van der Waals surface area contributed by atoms with Crippen molar-refractivity contribution in [2.24, 2.45) is 0 Å². The highest BCUT2D eigenvalue weighted by atomic mass is 16.5. The number of nitrogens with zero attached hydrogens (tertiary/aromatic N) is 3. The lowest BCUT2D eigenvalue weighted by Gasteiger charge is -2.06. The number of aromatic nitrogens is 3. The molecule has 0 aliphatic rings. The maximum atomic E-state index is 11.0. The molecule has 4 aromatic rings. The first-order valence-electron chi connectivity index (χ1n) is 9.42. The Balaban J connectivity index is 0.00000117. The molecule has 0 aliphatic carbocycles. The van der Waals surface area contributed by atoms with Crippen molar-refractivity contribution in [2.45, 2.75) is 33.9 Å². The fourth-order valence-electron chi connectivity index (χ4n) is 2.81. The zero-order chi connectivity index (χ0) is 20.8. The van der Waals surface area contributed by atoms with Crippen LogP contribution >= 0.6 is 0 Å². The van der Waals surface area contributed by atoms with E-state index in [1.807, 2.05) is 63.2 Å². The molecule has 0 bridgehead atoms. The molecule has 0 unspecified atom stereocenters. The minimum absolute atomic E-state index is 0.199. The highest BCUT2D eigenvalue weighted by molar-refractivity contribution is 5.81. The van der Waals surface area contributed by atoms with Crippen LogP contribution in [0.15, 0.2) is 59.1 Å². The molecule has 0 fully saturated rings. The Labute approximate surface area is 168 Å². The number of aliphatic carboxylic acids is 1. The van der Waals surface area contributed by atoms with Gasteiger partial charge in [-0.2, -0.15) is 5.10 Å². The van der Waals surface area contributed by atoms with E-state index >= 15 is 0 Å². The Hall–Kier alpha value is -3.61. The number of ether oxygens (including phenoxy) is 1. The van der Waals surface area contributed by atoms with Gasteiger partial charge in [-0.05, 0) is 31.2 Å². The summed E-state index contributed by atoms with van der Waals surface area (Å²) in [6.45, 7) is 5.90. The summed E-state index contributed by atoms with van der Waals surface area (Å²) in [4.78, 5) is 15.5. The molecule has 2 aromatic heterocycles. The van der Waals surface area contributed by atoms with Crippen molar-refractivity contribution >= 4 is 16.9 Å². The Morgan fingerprint density at radius 2 is 1.93 bits per heavy atom. The lowest BCUT2D eigenvalue weighted by Crippen LogP contribution is -2.09. The summed E-state index contributed by atoms with van der Waals surface area (Å²) in [5.41, 5.74) is 2.33. The van der Waals surface area contributed by atoms with Crippen LogP contribution in [0.1, 0.15) is 25.3 Å². The fourth-order valence-corrected chi connectivity index (χ4v) is 2.81. The minimum atomic E-state index is -0.946. The number of carbonyl (C=O) groups is 1. The number of hydrogen-bond donors (Lipinski definition) is 1. The van der Waals surface area contributed by atoms with Crippen molar-refractivity contribution in [3.05, 3.63) is 66.2 Å². The molecule has 0 saturated carbocycles. The predicted octanol–water partition coefficient (Wildman–Crippen LogP) is 4.69. The van der Waals surface area contributed by atoms with E-state index in [-0.39, 0.29) is 13.2 Å². The van der Waals surface area contributed by atoms with Crippen molar-refractivity contribution in [1.82, 2.24) is 14.8 Å². The second kappa shape index (κ2) is 9.05. The van der Waals surface area contributed by atoms with E-state index in [4.69, 9.17) is 14.3 Å². The second-order valence-corrected chi connectivity index (χ2v) is 6.09. The average Bonchev–Trinajstić information content (AvgIpc) is 3.31. The van der Waals surface area contributed by atoms with Crippen molar-refractivity contribution in [1.29, 1.82) is 0 Å². The van der Waals surface area contributed by atoms with Crippen LogP contribution in [0.4, 0.5) is 0 Å². The van der Waals surface area contributed by atoms with Crippen LogP contribution in [0.3, 0.4) is 0 Å². The highest BCUT2D eigenvalue weighted by Gasteiger charge is 2.13. The number of rotatable bonds is 6. The van der Waals surface area contributed by atoms with Gasteiger partial charge in [0.1, 0.15) is 30.4 Å². The smallest absolute Gasteiger partial charge is 0.325 e. The first-order chi connectivity index (χ1) is 14.1. The van der Waals surface area contributed by atoms with Gasteiger partial charge < -0.3 is 14.3 Å².